The molecule has 0 amide bonds. The van der Waals surface area contributed by atoms with Gasteiger partial charge >= 0.3 is 5.97 Å². The Balaban J connectivity index is 1.78. The van der Waals surface area contributed by atoms with Gasteiger partial charge in [0.25, 0.3) is 0 Å². The SMILES string of the molecule is CC(=O)OC[N+]12C[N+](C)(C1)C2. The van der Waals surface area contributed by atoms with Crippen LogP contribution in [0.25, 0.3) is 0 Å². The number of ether oxygens (including phenoxy) is 1. The molecule has 3 aliphatic rings. The number of carbonyl (C=O) groups excluding carboxylic acids is 1. The summed E-state index contributed by atoms with van der Waals surface area (Å²) in [5.41, 5.74) is 0. The molecule has 3 heterocycles. The second kappa shape index (κ2) is 1.76. The molecule has 4 heteroatoms. The van der Waals surface area contributed by atoms with Crippen molar-refractivity contribution in [3.63, 3.8) is 0 Å². The third-order valence-corrected chi connectivity index (χ3v) is 2.47. The van der Waals surface area contributed by atoms with Crippen LogP contribution in [0.4, 0.5) is 0 Å². The molecule has 11 heavy (non-hydrogen) atoms. The Morgan fingerprint density at radius 3 is 2.36 bits per heavy atom. The van der Waals surface area contributed by atoms with Crippen LogP contribution in [0.3, 0.4) is 0 Å². The summed E-state index contributed by atoms with van der Waals surface area (Å²) in [5, 5.41) is 0. The summed E-state index contributed by atoms with van der Waals surface area (Å²) < 4.78 is 7.12. The first kappa shape index (κ1) is 7.06. The van der Waals surface area contributed by atoms with Gasteiger partial charge in [-0.2, -0.15) is 8.97 Å². The van der Waals surface area contributed by atoms with Crippen LogP contribution >= 0.6 is 0 Å². The van der Waals surface area contributed by atoms with Gasteiger partial charge in [0.05, 0.1) is 7.05 Å². The van der Waals surface area contributed by atoms with Gasteiger partial charge in [-0.15, -0.1) is 0 Å². The van der Waals surface area contributed by atoms with E-state index < -0.39 is 0 Å². The molecule has 62 valence electrons. The zero-order valence-corrected chi connectivity index (χ0v) is 7.04. The van der Waals surface area contributed by atoms with Crippen molar-refractivity contribution < 1.29 is 18.5 Å². The summed E-state index contributed by atoms with van der Waals surface area (Å²) >= 11 is 0. The van der Waals surface area contributed by atoms with Crippen LogP contribution < -0.4 is 0 Å². The Kier molecular flexibility index (Phi) is 1.13. The molecule has 0 spiro atoms. The van der Waals surface area contributed by atoms with E-state index in [1.54, 1.807) is 0 Å². The summed E-state index contributed by atoms with van der Waals surface area (Å²) in [4.78, 5) is 10.5. The van der Waals surface area contributed by atoms with E-state index in [1.165, 1.54) is 11.4 Å². The Morgan fingerprint density at radius 1 is 1.45 bits per heavy atom. The van der Waals surface area contributed by atoms with Gasteiger partial charge in [0.2, 0.25) is 26.7 Å². The molecule has 0 aromatic carbocycles. The van der Waals surface area contributed by atoms with Crippen LogP contribution in [0.15, 0.2) is 0 Å². The van der Waals surface area contributed by atoms with Crippen molar-refractivity contribution in [2.24, 2.45) is 0 Å². The molecule has 0 aromatic rings. The highest BCUT2D eigenvalue weighted by molar-refractivity contribution is 5.65. The van der Waals surface area contributed by atoms with Gasteiger partial charge in [0.1, 0.15) is 0 Å². The molecule has 0 atom stereocenters. The maximum absolute atomic E-state index is 10.5. The number of nitrogens with zero attached hydrogens (tertiary/aromatic N) is 2. The first-order valence-electron chi connectivity index (χ1n) is 3.86. The van der Waals surface area contributed by atoms with Crippen molar-refractivity contribution in [2.75, 3.05) is 33.8 Å². The molecule has 0 unspecified atom stereocenters. The molecule has 2 bridgehead atoms. The first-order chi connectivity index (χ1) is 5.04. The fourth-order valence-corrected chi connectivity index (χ4v) is 2.40. The Morgan fingerprint density at radius 2 is 2.00 bits per heavy atom. The minimum absolute atomic E-state index is 0.162. The van der Waals surface area contributed by atoms with E-state index in [4.69, 9.17) is 4.74 Å². The molecule has 0 aromatic heterocycles. The van der Waals surface area contributed by atoms with E-state index in [-0.39, 0.29) is 5.97 Å². The lowest BCUT2D eigenvalue weighted by atomic mass is 10.2. The molecular weight excluding hydrogens is 144 g/mol. The molecule has 3 fully saturated rings. The standard InChI is InChI=1S/C7H14N2O2/c1-7(10)11-6-9-3-8(2,4-9)5-9/h3-6H2,1-2H3/q+2. The van der Waals surface area contributed by atoms with E-state index in [0.717, 1.165) is 24.5 Å². The fourth-order valence-electron chi connectivity index (χ4n) is 2.40. The van der Waals surface area contributed by atoms with E-state index in [0.29, 0.717) is 6.73 Å². The Bertz CT molecular complexity index is 195. The molecule has 0 radical (unpaired) electrons. The van der Waals surface area contributed by atoms with Crippen LogP contribution in [-0.2, 0) is 9.53 Å². The largest absolute Gasteiger partial charge is 0.415 e. The van der Waals surface area contributed by atoms with Gasteiger partial charge in [-0.05, 0) is 0 Å². The second-order valence-electron chi connectivity index (χ2n) is 4.15. The lowest BCUT2D eigenvalue weighted by Crippen LogP contribution is -2.93. The number of esters is 1. The van der Waals surface area contributed by atoms with Crippen LogP contribution in [0.2, 0.25) is 0 Å². The molecule has 0 N–H and O–H groups in total. The third-order valence-electron chi connectivity index (χ3n) is 2.47. The second-order valence-corrected chi connectivity index (χ2v) is 4.15. The van der Waals surface area contributed by atoms with Gasteiger partial charge in [0, 0.05) is 6.92 Å². The van der Waals surface area contributed by atoms with Crippen LogP contribution in [0.1, 0.15) is 6.92 Å². The zero-order chi connectivity index (χ0) is 8.11. The third kappa shape index (κ3) is 0.937. The molecule has 3 aliphatic heterocycles. The average molecular weight is 158 g/mol. The van der Waals surface area contributed by atoms with Crippen LogP contribution in [0, 0.1) is 0 Å². The van der Waals surface area contributed by atoms with Gasteiger partial charge in [0.15, 0.2) is 0 Å². The first-order valence-corrected chi connectivity index (χ1v) is 3.86. The lowest BCUT2D eigenvalue weighted by Gasteiger charge is -2.65. The molecular formula is C7H14N2O2+2. The van der Waals surface area contributed by atoms with Crippen molar-refractivity contribution in [1.29, 1.82) is 0 Å². The van der Waals surface area contributed by atoms with Crippen molar-refractivity contribution in [3.8, 4) is 0 Å². The predicted molar refractivity (Wildman–Crippen MR) is 37.7 cm³/mol. The van der Waals surface area contributed by atoms with Gasteiger partial charge < -0.3 is 4.74 Å². The maximum Gasteiger partial charge on any atom is 0.306 e. The number of hydrogen-bond donors (Lipinski definition) is 0. The van der Waals surface area contributed by atoms with E-state index >= 15 is 0 Å². The van der Waals surface area contributed by atoms with Gasteiger partial charge in [-0.3, -0.25) is 4.79 Å². The maximum atomic E-state index is 10.5. The summed E-state index contributed by atoms with van der Waals surface area (Å²) in [6.07, 6.45) is 0. The molecule has 3 saturated heterocycles. The highest BCUT2D eigenvalue weighted by Crippen LogP contribution is 2.40. The molecule has 0 aliphatic carbocycles. The smallest absolute Gasteiger partial charge is 0.306 e. The van der Waals surface area contributed by atoms with Gasteiger partial charge in [-0.25, -0.2) is 0 Å². The van der Waals surface area contributed by atoms with E-state index in [2.05, 4.69) is 7.05 Å². The number of rotatable bonds is 2. The van der Waals surface area contributed by atoms with Crippen LogP contribution in [-0.4, -0.2) is 48.7 Å². The molecule has 0 saturated carbocycles. The Labute approximate surface area is 66.1 Å². The normalized spacial score (nSPS) is 45.6. The minimum atomic E-state index is -0.162. The number of quaternary nitrogens is 2. The number of carbonyl (C=O) groups is 1. The highest BCUT2D eigenvalue weighted by Gasteiger charge is 2.70. The average Bonchev–Trinajstić information content (AvgIpc) is 1.75. The topological polar surface area (TPSA) is 26.3 Å². The fraction of sp³-hybridized carbons (Fsp3) is 0.857. The predicted octanol–water partition coefficient (Wildman–Crippen LogP) is -0.330. The summed E-state index contributed by atoms with van der Waals surface area (Å²) in [6, 6.07) is 0. The monoisotopic (exact) mass is 158 g/mol. The van der Waals surface area contributed by atoms with Crippen molar-refractivity contribution >= 4 is 5.97 Å². The molecule has 3 rings (SSSR count). The summed E-state index contributed by atoms with van der Waals surface area (Å²) in [5.74, 6) is -0.162. The van der Waals surface area contributed by atoms with Crippen molar-refractivity contribution in [1.82, 2.24) is 0 Å². The van der Waals surface area contributed by atoms with Crippen molar-refractivity contribution in [2.45, 2.75) is 6.92 Å². The van der Waals surface area contributed by atoms with Gasteiger partial charge in [-0.1, -0.05) is 0 Å². The van der Waals surface area contributed by atoms with Crippen LogP contribution in [0.5, 0.6) is 0 Å². The minimum Gasteiger partial charge on any atom is -0.415 e. The quantitative estimate of drug-likeness (QED) is 0.406. The molecule has 4 nitrogen and oxygen atoms in total. The summed E-state index contributed by atoms with van der Waals surface area (Å²) in [6.45, 7) is 5.49. The summed E-state index contributed by atoms with van der Waals surface area (Å²) in [7, 11) is 2.23. The van der Waals surface area contributed by atoms with E-state index in [9.17, 15) is 4.79 Å². The number of hydrogen-bond acceptors (Lipinski definition) is 2. The highest BCUT2D eigenvalue weighted by atomic mass is 16.5. The Hall–Kier alpha value is -0.610. The van der Waals surface area contributed by atoms with Crippen molar-refractivity contribution in [3.05, 3.63) is 0 Å². The lowest BCUT2D eigenvalue weighted by molar-refractivity contribution is -1.43. The van der Waals surface area contributed by atoms with E-state index in [1.807, 2.05) is 0 Å². The zero-order valence-electron chi connectivity index (χ0n) is 7.04.